The Morgan fingerprint density at radius 2 is 1.42 bits per heavy atom. The first-order valence-corrected chi connectivity index (χ1v) is 15.9. The summed E-state index contributed by atoms with van der Waals surface area (Å²) in [6.45, 7) is 4.96. The number of carbonyl (C=O) groups is 4. The molecule has 0 aliphatic heterocycles. The Morgan fingerprint density at radius 1 is 0.812 bits per heavy atom. The summed E-state index contributed by atoms with van der Waals surface area (Å²) in [7, 11) is 0. The summed E-state index contributed by atoms with van der Waals surface area (Å²) in [6, 6.07) is 31.0. The van der Waals surface area contributed by atoms with Gasteiger partial charge in [0.25, 0.3) is 5.91 Å². The number of hydrogen-bond acceptors (Lipinski definition) is 6. The number of nitrogens with one attached hydrogen (secondary N) is 2. The van der Waals surface area contributed by atoms with Crippen LogP contribution in [0.2, 0.25) is 0 Å². The minimum absolute atomic E-state index is 0.0229. The van der Waals surface area contributed by atoms with Gasteiger partial charge in [-0.15, -0.1) is 0 Å². The van der Waals surface area contributed by atoms with E-state index in [9.17, 15) is 19.2 Å². The summed E-state index contributed by atoms with van der Waals surface area (Å²) in [5, 5.41) is 3.52. The highest BCUT2D eigenvalue weighted by molar-refractivity contribution is 6.11. The zero-order valence-electron chi connectivity index (χ0n) is 27.1. The average Bonchev–Trinajstić information content (AvgIpc) is 3.62. The van der Waals surface area contributed by atoms with Crippen LogP contribution in [0.25, 0.3) is 22.0 Å². The van der Waals surface area contributed by atoms with Gasteiger partial charge in [-0.3, -0.25) is 9.59 Å². The molecule has 0 radical (unpaired) electrons. The predicted octanol–water partition coefficient (Wildman–Crippen LogP) is 7.15. The Bertz CT molecular complexity index is 1930. The number of hydrogen-bond donors (Lipinski definition) is 2. The van der Waals surface area contributed by atoms with Gasteiger partial charge in [0.15, 0.2) is 0 Å². The SMILES string of the molecule is CC(C)(C)OC(=O)N(C(=O)Cc1ccccc1)C(=O)[C@@H](Cc1c[nH]c2ccccc12)NC(=O)OCC1c2ccccc2-c2ccccc21. The molecule has 2 N–H and O–H groups in total. The highest BCUT2D eigenvalue weighted by Crippen LogP contribution is 2.44. The van der Waals surface area contributed by atoms with E-state index in [2.05, 4.69) is 10.3 Å². The van der Waals surface area contributed by atoms with Crippen molar-refractivity contribution >= 4 is 34.9 Å². The summed E-state index contributed by atoms with van der Waals surface area (Å²) in [6.07, 6.45) is -0.475. The van der Waals surface area contributed by atoms with Crippen molar-refractivity contribution in [1.82, 2.24) is 15.2 Å². The van der Waals surface area contributed by atoms with Crippen LogP contribution in [-0.2, 0) is 31.9 Å². The van der Waals surface area contributed by atoms with Gasteiger partial charge in [0.05, 0.1) is 6.42 Å². The van der Waals surface area contributed by atoms with Crippen molar-refractivity contribution in [1.29, 1.82) is 0 Å². The molecule has 9 nitrogen and oxygen atoms in total. The van der Waals surface area contributed by atoms with Crippen molar-refractivity contribution in [2.24, 2.45) is 0 Å². The molecule has 0 spiro atoms. The molecule has 1 aromatic heterocycles. The second kappa shape index (κ2) is 13.6. The molecule has 0 bridgehead atoms. The zero-order chi connectivity index (χ0) is 33.8. The molecule has 0 unspecified atom stereocenters. The first-order valence-electron chi connectivity index (χ1n) is 15.9. The molecule has 4 amide bonds. The van der Waals surface area contributed by atoms with Crippen LogP contribution in [0.15, 0.2) is 109 Å². The van der Waals surface area contributed by atoms with Gasteiger partial charge in [-0.05, 0) is 60.2 Å². The van der Waals surface area contributed by atoms with Gasteiger partial charge in [-0.2, -0.15) is 4.90 Å². The molecule has 0 saturated carbocycles. The topological polar surface area (TPSA) is 118 Å². The molecule has 9 heteroatoms. The van der Waals surface area contributed by atoms with Crippen molar-refractivity contribution in [2.45, 2.75) is 51.2 Å². The Hall–Kier alpha value is -5.70. The Morgan fingerprint density at radius 3 is 2.08 bits per heavy atom. The second-order valence-corrected chi connectivity index (χ2v) is 12.8. The van der Waals surface area contributed by atoms with Crippen LogP contribution < -0.4 is 5.32 Å². The predicted molar refractivity (Wildman–Crippen MR) is 182 cm³/mol. The van der Waals surface area contributed by atoms with Gasteiger partial charge in [0.2, 0.25) is 5.91 Å². The van der Waals surface area contributed by atoms with Gasteiger partial charge in [0.1, 0.15) is 18.2 Å². The number of ether oxygens (including phenoxy) is 2. The highest BCUT2D eigenvalue weighted by Gasteiger charge is 2.38. The number of aromatic nitrogens is 1. The van der Waals surface area contributed by atoms with E-state index in [0.29, 0.717) is 16.0 Å². The minimum atomic E-state index is -1.34. The summed E-state index contributed by atoms with van der Waals surface area (Å²) < 4.78 is 11.3. The third kappa shape index (κ3) is 7.00. The molecule has 244 valence electrons. The largest absolute Gasteiger partial charge is 0.449 e. The van der Waals surface area contributed by atoms with E-state index >= 15 is 0 Å². The van der Waals surface area contributed by atoms with Crippen LogP contribution in [0.5, 0.6) is 0 Å². The summed E-state index contributed by atoms with van der Waals surface area (Å²) >= 11 is 0. The molecule has 4 aromatic carbocycles. The summed E-state index contributed by atoms with van der Waals surface area (Å²) in [5.74, 6) is -1.90. The number of fused-ring (bicyclic) bond motifs is 4. The molecule has 5 aromatic rings. The summed E-state index contributed by atoms with van der Waals surface area (Å²) in [5.41, 5.74) is 5.42. The quantitative estimate of drug-likeness (QED) is 0.185. The normalized spacial score (nSPS) is 12.9. The number of alkyl carbamates (subject to hydrolysis) is 1. The number of benzene rings is 4. The van der Waals surface area contributed by atoms with Crippen molar-refractivity contribution in [2.75, 3.05) is 6.61 Å². The average molecular weight is 644 g/mol. The lowest BCUT2D eigenvalue weighted by Gasteiger charge is -2.28. The Kier molecular flexibility index (Phi) is 9.12. The van der Waals surface area contributed by atoms with E-state index in [-0.39, 0.29) is 25.4 Å². The highest BCUT2D eigenvalue weighted by atomic mass is 16.6. The Balaban J connectivity index is 1.28. The maximum Gasteiger partial charge on any atom is 0.424 e. The van der Waals surface area contributed by atoms with Crippen molar-refractivity contribution < 1.29 is 28.7 Å². The summed E-state index contributed by atoms with van der Waals surface area (Å²) in [4.78, 5) is 58.6. The fourth-order valence-electron chi connectivity index (χ4n) is 6.13. The number of rotatable bonds is 8. The van der Waals surface area contributed by atoms with Crippen molar-refractivity contribution in [3.05, 3.63) is 132 Å². The van der Waals surface area contributed by atoms with Gasteiger partial charge in [-0.25, -0.2) is 9.59 Å². The van der Waals surface area contributed by atoms with Crippen LogP contribution in [0.3, 0.4) is 0 Å². The molecular weight excluding hydrogens is 606 g/mol. The maximum atomic E-state index is 14.3. The van der Waals surface area contributed by atoms with Crippen molar-refractivity contribution in [3.63, 3.8) is 0 Å². The van der Waals surface area contributed by atoms with E-state index in [1.54, 1.807) is 57.3 Å². The molecule has 1 aliphatic carbocycles. The number of carbonyl (C=O) groups excluding carboxylic acids is 4. The van der Waals surface area contributed by atoms with Gasteiger partial charge in [0, 0.05) is 29.4 Å². The van der Waals surface area contributed by atoms with E-state index in [1.165, 1.54) is 0 Å². The monoisotopic (exact) mass is 643 g/mol. The number of nitrogens with zero attached hydrogens (tertiary/aromatic N) is 1. The third-order valence-corrected chi connectivity index (χ3v) is 8.28. The maximum absolute atomic E-state index is 14.3. The number of imide groups is 3. The second-order valence-electron chi connectivity index (χ2n) is 12.8. The smallest absolute Gasteiger partial charge is 0.424 e. The van der Waals surface area contributed by atoms with E-state index in [1.807, 2.05) is 72.8 Å². The first kappa shape index (κ1) is 32.2. The lowest BCUT2D eigenvalue weighted by Crippen LogP contribution is -2.55. The van der Waals surface area contributed by atoms with E-state index in [0.717, 1.165) is 33.2 Å². The lowest BCUT2D eigenvalue weighted by atomic mass is 9.98. The first-order chi connectivity index (χ1) is 23.1. The van der Waals surface area contributed by atoms with Gasteiger partial charge >= 0.3 is 12.2 Å². The fraction of sp³-hybridized carbons (Fsp3) is 0.231. The Labute approximate surface area is 278 Å². The zero-order valence-corrected chi connectivity index (χ0v) is 27.1. The molecular formula is C39H37N3O6. The van der Waals surface area contributed by atoms with Crippen LogP contribution in [0, 0.1) is 0 Å². The van der Waals surface area contributed by atoms with Gasteiger partial charge in [-0.1, -0.05) is 97.1 Å². The van der Waals surface area contributed by atoms with Crippen LogP contribution in [0.4, 0.5) is 9.59 Å². The van der Waals surface area contributed by atoms with Crippen LogP contribution >= 0.6 is 0 Å². The lowest BCUT2D eigenvalue weighted by molar-refractivity contribution is -0.144. The molecule has 0 saturated heterocycles. The van der Waals surface area contributed by atoms with Crippen LogP contribution in [-0.4, -0.2) is 52.1 Å². The number of H-pyrrole nitrogens is 1. The molecule has 1 aliphatic rings. The molecule has 1 atom stereocenters. The number of aromatic amines is 1. The van der Waals surface area contributed by atoms with Gasteiger partial charge < -0.3 is 19.8 Å². The molecule has 48 heavy (non-hydrogen) atoms. The number of amides is 4. The van der Waals surface area contributed by atoms with Crippen molar-refractivity contribution in [3.8, 4) is 11.1 Å². The minimum Gasteiger partial charge on any atom is -0.449 e. The molecule has 1 heterocycles. The van der Waals surface area contributed by atoms with Crippen LogP contribution in [0.1, 0.15) is 48.9 Å². The molecule has 6 rings (SSSR count). The fourth-order valence-corrected chi connectivity index (χ4v) is 6.13. The standard InChI is InChI=1S/C39H37N3O6/c1-39(2,3)48-38(46)42(35(43)21-25-13-5-4-6-14-25)36(44)34(22-26-23-40-33-20-12-11-15-27(26)33)41-37(45)47-24-32-30-18-9-7-16-28(30)29-17-8-10-19-31(29)32/h4-20,23,32,34,40H,21-22,24H2,1-3H3,(H,41,45)/t34-/m1/s1. The number of para-hydroxylation sites is 1. The van der Waals surface area contributed by atoms with E-state index in [4.69, 9.17) is 9.47 Å². The molecule has 0 fully saturated rings. The third-order valence-electron chi connectivity index (χ3n) is 8.28. The van der Waals surface area contributed by atoms with E-state index < -0.39 is 35.6 Å².